The van der Waals surface area contributed by atoms with E-state index in [2.05, 4.69) is 19.4 Å². The second-order valence-electron chi connectivity index (χ2n) is 9.68. The van der Waals surface area contributed by atoms with Crippen molar-refractivity contribution in [2.24, 2.45) is 0 Å². The Hall–Kier alpha value is -3.56. The number of aromatic carboxylic acids is 1. The van der Waals surface area contributed by atoms with Gasteiger partial charge < -0.3 is 23.9 Å². The standard InChI is InChI=1S/C27H25Cl2N5O4/c28-20-4-1-7-31-26(20)38-15-17-3-2-9-33(17)23-12-22-18(11-21(23)29)25(35)19(27(36)37)14-34(22)16-5-6-24-30-8-10-32(24)13-16/h1,4,7-8,10-12,14,16-17H,2-3,5-6,9,13,15H2,(H,36,37)/t16?,17-/m1/s1. The molecule has 6 rings (SSSR count). The fraction of sp³-hybridized carbons (Fsp3) is 0.333. The largest absolute Gasteiger partial charge is 0.477 e. The number of halogens is 2. The lowest BCUT2D eigenvalue weighted by atomic mass is 10.0. The average Bonchev–Trinajstić information content (AvgIpc) is 3.57. The first-order valence-corrected chi connectivity index (χ1v) is 13.3. The molecule has 1 fully saturated rings. The van der Waals surface area contributed by atoms with Crippen LogP contribution in [0.15, 0.2) is 53.8 Å². The number of rotatable bonds is 6. The summed E-state index contributed by atoms with van der Waals surface area (Å²) in [4.78, 5) is 36.0. The Morgan fingerprint density at radius 1 is 1.16 bits per heavy atom. The Morgan fingerprint density at radius 2 is 2.03 bits per heavy atom. The van der Waals surface area contributed by atoms with Gasteiger partial charge in [0.1, 0.15) is 23.0 Å². The zero-order chi connectivity index (χ0) is 26.4. The van der Waals surface area contributed by atoms with Crippen molar-refractivity contribution in [1.82, 2.24) is 19.1 Å². The van der Waals surface area contributed by atoms with Crippen LogP contribution in [0.2, 0.25) is 10.0 Å². The Labute approximate surface area is 228 Å². The Kier molecular flexibility index (Phi) is 6.49. The molecule has 196 valence electrons. The molecule has 0 amide bonds. The van der Waals surface area contributed by atoms with E-state index in [9.17, 15) is 14.7 Å². The third-order valence-electron chi connectivity index (χ3n) is 7.46. The zero-order valence-corrected chi connectivity index (χ0v) is 21.9. The van der Waals surface area contributed by atoms with Crippen molar-refractivity contribution >= 4 is 45.8 Å². The number of carboxylic acids is 1. The van der Waals surface area contributed by atoms with Crippen molar-refractivity contribution in [3.8, 4) is 5.88 Å². The summed E-state index contributed by atoms with van der Waals surface area (Å²) in [7, 11) is 0. The number of nitrogens with zero attached hydrogens (tertiary/aromatic N) is 5. The quantitative estimate of drug-likeness (QED) is 0.364. The number of pyridine rings is 2. The van der Waals surface area contributed by atoms with Gasteiger partial charge >= 0.3 is 5.97 Å². The van der Waals surface area contributed by atoms with Crippen LogP contribution in [0.4, 0.5) is 5.69 Å². The number of carboxylic acid groups (broad SMARTS) is 1. The highest BCUT2D eigenvalue weighted by Crippen LogP contribution is 2.37. The van der Waals surface area contributed by atoms with E-state index in [-0.39, 0.29) is 17.6 Å². The molecule has 1 saturated heterocycles. The Balaban J connectivity index is 1.40. The fourth-order valence-corrected chi connectivity index (χ4v) is 6.04. The molecule has 1 aromatic carbocycles. The van der Waals surface area contributed by atoms with Crippen molar-refractivity contribution in [1.29, 1.82) is 0 Å². The topological polar surface area (TPSA) is 102 Å². The van der Waals surface area contributed by atoms with Crippen molar-refractivity contribution in [3.63, 3.8) is 0 Å². The highest BCUT2D eigenvalue weighted by Gasteiger charge is 2.30. The number of hydrogen-bond acceptors (Lipinski definition) is 6. The maximum Gasteiger partial charge on any atom is 0.341 e. The molecule has 38 heavy (non-hydrogen) atoms. The summed E-state index contributed by atoms with van der Waals surface area (Å²) in [5, 5.41) is 10.9. The van der Waals surface area contributed by atoms with E-state index in [1.54, 1.807) is 30.6 Å². The van der Waals surface area contributed by atoms with Crippen LogP contribution < -0.4 is 15.1 Å². The summed E-state index contributed by atoms with van der Waals surface area (Å²) in [6.45, 7) is 1.78. The lowest BCUT2D eigenvalue weighted by Gasteiger charge is -2.30. The number of hydrogen-bond donors (Lipinski definition) is 1. The normalized spacial score (nSPS) is 19.1. The van der Waals surface area contributed by atoms with Gasteiger partial charge in [-0.1, -0.05) is 23.2 Å². The van der Waals surface area contributed by atoms with E-state index in [1.807, 2.05) is 16.8 Å². The van der Waals surface area contributed by atoms with Gasteiger partial charge in [0, 0.05) is 49.7 Å². The minimum absolute atomic E-state index is 0.0321. The lowest BCUT2D eigenvalue weighted by Crippen LogP contribution is -2.34. The van der Waals surface area contributed by atoms with Crippen molar-refractivity contribution in [2.75, 3.05) is 18.1 Å². The molecular formula is C27H25Cl2N5O4. The van der Waals surface area contributed by atoms with Gasteiger partial charge in [0.15, 0.2) is 0 Å². The molecule has 9 nitrogen and oxygen atoms in total. The molecule has 5 heterocycles. The van der Waals surface area contributed by atoms with Crippen molar-refractivity contribution in [3.05, 3.63) is 80.7 Å². The minimum atomic E-state index is -1.25. The highest BCUT2D eigenvalue weighted by atomic mass is 35.5. The van der Waals surface area contributed by atoms with Gasteiger partial charge in [0.25, 0.3) is 0 Å². The van der Waals surface area contributed by atoms with Crippen LogP contribution in [-0.4, -0.2) is 49.4 Å². The number of anilines is 1. The van der Waals surface area contributed by atoms with Crippen LogP contribution in [0.1, 0.15) is 41.5 Å². The average molecular weight is 554 g/mol. The third-order valence-corrected chi connectivity index (χ3v) is 8.05. The van der Waals surface area contributed by atoms with E-state index in [1.165, 1.54) is 6.20 Å². The summed E-state index contributed by atoms with van der Waals surface area (Å²) in [5.41, 5.74) is 0.639. The number of aromatic nitrogens is 4. The van der Waals surface area contributed by atoms with Crippen molar-refractivity contribution in [2.45, 2.75) is 44.3 Å². The number of fused-ring (bicyclic) bond motifs is 2. The molecule has 0 bridgehead atoms. The first-order chi connectivity index (χ1) is 18.4. The molecule has 0 saturated carbocycles. The van der Waals surface area contributed by atoms with Crippen LogP contribution in [0.5, 0.6) is 5.88 Å². The van der Waals surface area contributed by atoms with Crippen LogP contribution in [-0.2, 0) is 13.0 Å². The molecule has 0 radical (unpaired) electrons. The SMILES string of the molecule is O=C(O)c1cn(C2CCc3nccn3C2)c2cc(N3CCC[C@@H]3COc3ncccc3Cl)c(Cl)cc2c1=O. The molecule has 1 unspecified atom stereocenters. The number of benzene rings is 1. The lowest BCUT2D eigenvalue weighted by molar-refractivity contribution is 0.0694. The monoisotopic (exact) mass is 553 g/mol. The predicted molar refractivity (Wildman–Crippen MR) is 145 cm³/mol. The summed E-state index contributed by atoms with van der Waals surface area (Å²) in [6, 6.07) is 7.00. The number of carbonyl (C=O) groups is 1. The molecule has 0 aliphatic carbocycles. The smallest absolute Gasteiger partial charge is 0.341 e. The van der Waals surface area contributed by atoms with Gasteiger partial charge in [-0.3, -0.25) is 4.79 Å². The van der Waals surface area contributed by atoms with E-state index in [0.29, 0.717) is 40.0 Å². The van der Waals surface area contributed by atoms with Crippen LogP contribution in [0.3, 0.4) is 0 Å². The Morgan fingerprint density at radius 3 is 2.84 bits per heavy atom. The first kappa shape index (κ1) is 24.8. The second-order valence-corrected chi connectivity index (χ2v) is 10.5. The summed E-state index contributed by atoms with van der Waals surface area (Å²) in [5.74, 6) is 0.133. The number of aryl methyl sites for hydroxylation is 1. The van der Waals surface area contributed by atoms with Gasteiger partial charge in [-0.2, -0.15) is 0 Å². The summed E-state index contributed by atoms with van der Waals surface area (Å²) >= 11 is 13.0. The van der Waals surface area contributed by atoms with Gasteiger partial charge in [-0.15, -0.1) is 0 Å². The highest BCUT2D eigenvalue weighted by molar-refractivity contribution is 6.34. The molecule has 4 aromatic rings. The van der Waals surface area contributed by atoms with Gasteiger partial charge in [0.05, 0.1) is 28.3 Å². The summed E-state index contributed by atoms with van der Waals surface area (Å²) in [6.07, 6.45) is 10.2. The molecule has 2 aliphatic rings. The van der Waals surface area contributed by atoms with E-state index < -0.39 is 11.4 Å². The third kappa shape index (κ3) is 4.39. The first-order valence-electron chi connectivity index (χ1n) is 12.5. The molecular weight excluding hydrogens is 529 g/mol. The maximum atomic E-state index is 13.2. The van der Waals surface area contributed by atoms with Crippen molar-refractivity contribution < 1.29 is 14.6 Å². The van der Waals surface area contributed by atoms with Crippen LogP contribution in [0, 0.1) is 0 Å². The Bertz CT molecular complexity index is 1600. The zero-order valence-electron chi connectivity index (χ0n) is 20.4. The number of imidazole rings is 1. The van der Waals surface area contributed by atoms with E-state index >= 15 is 0 Å². The molecule has 1 N–H and O–H groups in total. The van der Waals surface area contributed by atoms with Gasteiger partial charge in [0.2, 0.25) is 11.3 Å². The van der Waals surface area contributed by atoms with Crippen LogP contribution >= 0.6 is 23.2 Å². The van der Waals surface area contributed by atoms with Crippen LogP contribution in [0.25, 0.3) is 10.9 Å². The van der Waals surface area contributed by atoms with E-state index in [4.69, 9.17) is 27.9 Å². The molecule has 11 heteroatoms. The predicted octanol–water partition coefficient (Wildman–Crippen LogP) is 4.83. The summed E-state index contributed by atoms with van der Waals surface area (Å²) < 4.78 is 9.95. The molecule has 3 aromatic heterocycles. The fourth-order valence-electron chi connectivity index (χ4n) is 5.59. The van der Waals surface area contributed by atoms with Gasteiger partial charge in [-0.05, 0) is 43.5 Å². The molecule has 2 aliphatic heterocycles. The maximum absolute atomic E-state index is 13.2. The van der Waals surface area contributed by atoms with E-state index in [0.717, 1.165) is 43.7 Å². The molecule has 0 spiro atoms. The minimum Gasteiger partial charge on any atom is -0.477 e. The number of ether oxygens (including phenoxy) is 1. The van der Waals surface area contributed by atoms with Gasteiger partial charge in [-0.25, -0.2) is 14.8 Å². The second kappa shape index (κ2) is 9.96. The molecule has 2 atom stereocenters.